The number of esters is 1. The fourth-order valence-corrected chi connectivity index (χ4v) is 1.76. The van der Waals surface area contributed by atoms with E-state index < -0.39 is 0 Å². The van der Waals surface area contributed by atoms with E-state index in [1.165, 1.54) is 12.4 Å². The zero-order chi connectivity index (χ0) is 12.1. The van der Waals surface area contributed by atoms with Gasteiger partial charge in [-0.15, -0.1) is 0 Å². The molecule has 0 amide bonds. The number of rotatable bonds is 3. The SMILES string of the molecule is Nc1cncc(C(=O)OCC2CCOCC2)c1. The van der Waals surface area contributed by atoms with Crippen molar-refractivity contribution >= 4 is 11.7 Å². The van der Waals surface area contributed by atoms with Gasteiger partial charge in [-0.05, 0) is 24.8 Å². The molecule has 0 unspecified atom stereocenters. The summed E-state index contributed by atoms with van der Waals surface area (Å²) in [5, 5.41) is 0. The second kappa shape index (κ2) is 5.63. The van der Waals surface area contributed by atoms with E-state index in [-0.39, 0.29) is 5.97 Å². The predicted molar refractivity (Wildman–Crippen MR) is 62.5 cm³/mol. The van der Waals surface area contributed by atoms with Crippen molar-refractivity contribution in [2.75, 3.05) is 25.6 Å². The second-order valence-electron chi connectivity index (χ2n) is 4.16. The standard InChI is InChI=1S/C12H16N2O3/c13-11-5-10(6-14-7-11)12(15)17-8-9-1-3-16-4-2-9/h5-7,9H,1-4,8,13H2. The van der Waals surface area contributed by atoms with Crippen molar-refractivity contribution in [1.29, 1.82) is 0 Å². The molecule has 1 fully saturated rings. The molecule has 0 aromatic carbocycles. The van der Waals surface area contributed by atoms with Gasteiger partial charge < -0.3 is 15.2 Å². The van der Waals surface area contributed by atoms with Crippen LogP contribution in [0.15, 0.2) is 18.5 Å². The van der Waals surface area contributed by atoms with E-state index in [2.05, 4.69) is 4.98 Å². The first-order valence-corrected chi connectivity index (χ1v) is 5.71. The highest BCUT2D eigenvalue weighted by molar-refractivity contribution is 5.89. The maximum Gasteiger partial charge on any atom is 0.339 e. The molecule has 17 heavy (non-hydrogen) atoms. The summed E-state index contributed by atoms with van der Waals surface area (Å²) in [6, 6.07) is 1.57. The van der Waals surface area contributed by atoms with Crippen molar-refractivity contribution < 1.29 is 14.3 Å². The van der Waals surface area contributed by atoms with Crippen molar-refractivity contribution in [2.45, 2.75) is 12.8 Å². The van der Waals surface area contributed by atoms with Gasteiger partial charge in [-0.25, -0.2) is 4.79 Å². The lowest BCUT2D eigenvalue weighted by atomic mass is 10.0. The van der Waals surface area contributed by atoms with Crippen LogP contribution < -0.4 is 5.73 Å². The molecular weight excluding hydrogens is 220 g/mol. The lowest BCUT2D eigenvalue weighted by Gasteiger charge is -2.21. The Labute approximate surface area is 99.9 Å². The quantitative estimate of drug-likeness (QED) is 0.799. The number of anilines is 1. The smallest absolute Gasteiger partial charge is 0.339 e. The van der Waals surface area contributed by atoms with Gasteiger partial charge >= 0.3 is 5.97 Å². The fourth-order valence-electron chi connectivity index (χ4n) is 1.76. The van der Waals surface area contributed by atoms with Crippen molar-refractivity contribution in [3.05, 3.63) is 24.0 Å². The Morgan fingerprint density at radius 3 is 2.94 bits per heavy atom. The number of carbonyl (C=O) groups is 1. The molecule has 0 bridgehead atoms. The molecule has 1 aromatic heterocycles. The van der Waals surface area contributed by atoms with Crippen LogP contribution in [0.4, 0.5) is 5.69 Å². The van der Waals surface area contributed by atoms with E-state index in [0.29, 0.717) is 23.8 Å². The van der Waals surface area contributed by atoms with Crippen LogP contribution >= 0.6 is 0 Å². The number of aromatic nitrogens is 1. The zero-order valence-corrected chi connectivity index (χ0v) is 9.59. The first-order chi connectivity index (χ1) is 8.25. The average Bonchev–Trinajstić information content (AvgIpc) is 2.37. The Morgan fingerprint density at radius 1 is 1.47 bits per heavy atom. The highest BCUT2D eigenvalue weighted by Crippen LogP contribution is 2.15. The number of nitrogens with zero attached hydrogens (tertiary/aromatic N) is 1. The molecule has 0 saturated carbocycles. The van der Waals surface area contributed by atoms with Crippen LogP contribution in [0.5, 0.6) is 0 Å². The third kappa shape index (κ3) is 3.42. The summed E-state index contributed by atoms with van der Waals surface area (Å²) in [5.41, 5.74) is 6.41. The Morgan fingerprint density at radius 2 is 2.24 bits per heavy atom. The molecule has 2 N–H and O–H groups in total. The summed E-state index contributed by atoms with van der Waals surface area (Å²) in [7, 11) is 0. The molecular formula is C12H16N2O3. The van der Waals surface area contributed by atoms with E-state index in [4.69, 9.17) is 15.2 Å². The minimum atomic E-state index is -0.365. The normalized spacial score (nSPS) is 16.7. The number of hydrogen-bond donors (Lipinski definition) is 1. The van der Waals surface area contributed by atoms with Gasteiger partial charge in [-0.1, -0.05) is 0 Å². The summed E-state index contributed by atoms with van der Waals surface area (Å²) in [6.07, 6.45) is 4.85. The summed E-state index contributed by atoms with van der Waals surface area (Å²) in [4.78, 5) is 15.5. The van der Waals surface area contributed by atoms with E-state index in [9.17, 15) is 4.79 Å². The van der Waals surface area contributed by atoms with Crippen molar-refractivity contribution in [3.63, 3.8) is 0 Å². The molecule has 1 aliphatic heterocycles. The molecule has 1 aliphatic rings. The molecule has 0 spiro atoms. The van der Waals surface area contributed by atoms with Gasteiger partial charge in [0, 0.05) is 25.6 Å². The van der Waals surface area contributed by atoms with Crippen LogP contribution in [0, 0.1) is 5.92 Å². The van der Waals surface area contributed by atoms with Crippen molar-refractivity contribution in [2.24, 2.45) is 5.92 Å². The average molecular weight is 236 g/mol. The topological polar surface area (TPSA) is 74.4 Å². The van der Waals surface area contributed by atoms with Crippen molar-refractivity contribution in [3.8, 4) is 0 Å². The molecule has 0 radical (unpaired) electrons. The monoisotopic (exact) mass is 236 g/mol. The minimum Gasteiger partial charge on any atom is -0.462 e. The van der Waals surface area contributed by atoms with E-state index >= 15 is 0 Å². The first-order valence-electron chi connectivity index (χ1n) is 5.71. The fraction of sp³-hybridized carbons (Fsp3) is 0.500. The highest BCUT2D eigenvalue weighted by atomic mass is 16.5. The van der Waals surface area contributed by atoms with Gasteiger partial charge in [0.15, 0.2) is 0 Å². The van der Waals surface area contributed by atoms with Gasteiger partial charge in [0.2, 0.25) is 0 Å². The van der Waals surface area contributed by atoms with E-state index in [0.717, 1.165) is 26.1 Å². The van der Waals surface area contributed by atoms with Crippen molar-refractivity contribution in [1.82, 2.24) is 4.98 Å². The predicted octanol–water partition coefficient (Wildman–Crippen LogP) is 1.25. The Bertz CT molecular complexity index is 389. The number of ether oxygens (including phenoxy) is 2. The van der Waals surface area contributed by atoms with Crippen LogP contribution in [0.1, 0.15) is 23.2 Å². The van der Waals surface area contributed by atoms with Gasteiger partial charge in [0.25, 0.3) is 0 Å². The van der Waals surface area contributed by atoms with Crippen LogP contribution in [0.3, 0.4) is 0 Å². The first kappa shape index (κ1) is 11.9. The third-order valence-corrected chi connectivity index (χ3v) is 2.79. The summed E-state index contributed by atoms with van der Waals surface area (Å²) < 4.78 is 10.5. The Kier molecular flexibility index (Phi) is 3.93. The highest BCUT2D eigenvalue weighted by Gasteiger charge is 2.16. The van der Waals surface area contributed by atoms with Gasteiger partial charge in [0.1, 0.15) is 0 Å². The van der Waals surface area contributed by atoms with Crippen LogP contribution in [-0.2, 0) is 9.47 Å². The molecule has 0 aliphatic carbocycles. The maximum atomic E-state index is 11.7. The largest absolute Gasteiger partial charge is 0.462 e. The lowest BCUT2D eigenvalue weighted by molar-refractivity contribution is 0.0185. The molecule has 1 saturated heterocycles. The molecule has 2 heterocycles. The van der Waals surface area contributed by atoms with Gasteiger partial charge in [-0.3, -0.25) is 4.98 Å². The minimum absolute atomic E-state index is 0.365. The van der Waals surface area contributed by atoms with Crippen LogP contribution in [0.25, 0.3) is 0 Å². The van der Waals surface area contributed by atoms with Gasteiger partial charge in [0.05, 0.1) is 17.9 Å². The zero-order valence-electron chi connectivity index (χ0n) is 9.59. The summed E-state index contributed by atoms with van der Waals surface area (Å²) in [6.45, 7) is 1.95. The lowest BCUT2D eigenvalue weighted by Crippen LogP contribution is -2.22. The van der Waals surface area contributed by atoms with E-state index in [1.807, 2.05) is 0 Å². The molecule has 1 aromatic rings. The number of nitrogen functional groups attached to an aromatic ring is 1. The number of hydrogen-bond acceptors (Lipinski definition) is 5. The van der Waals surface area contributed by atoms with Gasteiger partial charge in [-0.2, -0.15) is 0 Å². The Balaban J connectivity index is 1.84. The number of nitrogens with two attached hydrogens (primary N) is 1. The maximum absolute atomic E-state index is 11.7. The number of pyridine rings is 1. The third-order valence-electron chi connectivity index (χ3n) is 2.79. The second-order valence-corrected chi connectivity index (χ2v) is 4.16. The van der Waals surface area contributed by atoms with Crippen LogP contribution in [0.2, 0.25) is 0 Å². The number of carbonyl (C=O) groups excluding carboxylic acids is 1. The van der Waals surface area contributed by atoms with E-state index in [1.54, 1.807) is 6.07 Å². The summed E-state index contributed by atoms with van der Waals surface area (Å²) >= 11 is 0. The Hall–Kier alpha value is -1.62. The molecule has 92 valence electrons. The molecule has 2 rings (SSSR count). The summed E-state index contributed by atoms with van der Waals surface area (Å²) in [5.74, 6) is 0.0398. The van der Waals surface area contributed by atoms with Crippen LogP contribution in [-0.4, -0.2) is 30.8 Å². The molecule has 5 heteroatoms. The molecule has 0 atom stereocenters. The molecule has 5 nitrogen and oxygen atoms in total.